The fraction of sp³-hybridized carbons (Fsp3) is 0.529. The topological polar surface area (TPSA) is 52.7 Å². The van der Waals surface area contributed by atoms with Crippen molar-refractivity contribution in [3.05, 3.63) is 35.9 Å². The number of rotatable bonds is 6. The first-order valence-electron chi connectivity index (χ1n) is 8.04. The second kappa shape index (κ2) is 7.03. The molecule has 22 heavy (non-hydrogen) atoms. The number of nitrogens with zero attached hydrogens (tertiary/aromatic N) is 2. The predicted octanol–water partition coefficient (Wildman–Crippen LogP) is 0.766. The zero-order valence-electron chi connectivity index (χ0n) is 12.8. The normalized spacial score (nSPS) is 26.6. The summed E-state index contributed by atoms with van der Waals surface area (Å²) in [6, 6.07) is 9.58. The second-order valence-corrected chi connectivity index (χ2v) is 6.08. The summed E-state index contributed by atoms with van der Waals surface area (Å²) in [5.41, 5.74) is 0.679. The molecular weight excluding hydrogens is 278 g/mol. The number of carbonyl (C=O) groups excluding carboxylic acids is 2. The molecule has 1 aromatic carbocycles. The highest BCUT2D eigenvalue weighted by Crippen LogP contribution is 2.14. The highest BCUT2D eigenvalue weighted by molar-refractivity contribution is 5.97. The molecule has 2 bridgehead atoms. The average molecular weight is 301 g/mol. The van der Waals surface area contributed by atoms with Gasteiger partial charge in [0.2, 0.25) is 5.91 Å². The van der Waals surface area contributed by atoms with E-state index in [0.29, 0.717) is 18.2 Å². The number of nitrogens with one attached hydrogen (secondary N) is 1. The van der Waals surface area contributed by atoms with Crippen molar-refractivity contribution >= 4 is 11.7 Å². The molecule has 3 aliphatic rings. The van der Waals surface area contributed by atoms with E-state index >= 15 is 0 Å². The van der Waals surface area contributed by atoms with Crippen LogP contribution in [0.1, 0.15) is 23.2 Å². The van der Waals surface area contributed by atoms with Crippen molar-refractivity contribution in [3.63, 3.8) is 0 Å². The Hall–Kier alpha value is -1.72. The van der Waals surface area contributed by atoms with Crippen molar-refractivity contribution in [1.82, 2.24) is 15.1 Å². The molecule has 5 nitrogen and oxygen atoms in total. The molecule has 3 fully saturated rings. The largest absolute Gasteiger partial charge is 0.354 e. The van der Waals surface area contributed by atoms with Gasteiger partial charge in [-0.3, -0.25) is 19.4 Å². The fourth-order valence-electron chi connectivity index (χ4n) is 3.23. The van der Waals surface area contributed by atoms with Crippen molar-refractivity contribution in [3.8, 4) is 0 Å². The number of benzene rings is 1. The van der Waals surface area contributed by atoms with Crippen molar-refractivity contribution in [2.24, 2.45) is 0 Å². The van der Waals surface area contributed by atoms with Crippen LogP contribution in [0.15, 0.2) is 30.3 Å². The number of hydrogen-bond acceptors (Lipinski definition) is 4. The van der Waals surface area contributed by atoms with Gasteiger partial charge in [0.15, 0.2) is 5.78 Å². The summed E-state index contributed by atoms with van der Waals surface area (Å²) in [6.07, 6.45) is 0.542. The Morgan fingerprint density at radius 3 is 2.41 bits per heavy atom. The molecule has 3 heterocycles. The average Bonchev–Trinajstić information content (AvgIpc) is 2.59. The maximum Gasteiger partial charge on any atom is 0.220 e. The third-order valence-electron chi connectivity index (χ3n) is 4.60. The molecule has 0 radical (unpaired) electrons. The first-order chi connectivity index (χ1) is 10.7. The number of fused-ring (bicyclic) bond motifs is 3. The molecule has 4 rings (SSSR count). The van der Waals surface area contributed by atoms with Gasteiger partial charge >= 0.3 is 0 Å². The molecule has 0 spiro atoms. The van der Waals surface area contributed by atoms with E-state index in [4.69, 9.17) is 0 Å². The third kappa shape index (κ3) is 3.72. The monoisotopic (exact) mass is 301 g/mol. The Balaban J connectivity index is 1.39. The number of carbonyl (C=O) groups is 2. The van der Waals surface area contributed by atoms with E-state index < -0.39 is 0 Å². The van der Waals surface area contributed by atoms with Crippen LogP contribution in [0.25, 0.3) is 0 Å². The zero-order valence-corrected chi connectivity index (χ0v) is 12.8. The maximum atomic E-state index is 12.0. The van der Waals surface area contributed by atoms with Crippen molar-refractivity contribution in [1.29, 1.82) is 0 Å². The SMILES string of the molecule is O=C(CCC(=O)c1ccccc1)NCC1CN2CCN1CC2. The van der Waals surface area contributed by atoms with Gasteiger partial charge in [-0.05, 0) is 0 Å². The van der Waals surface area contributed by atoms with Crippen molar-refractivity contribution in [2.75, 3.05) is 39.3 Å². The van der Waals surface area contributed by atoms with Crippen molar-refractivity contribution in [2.45, 2.75) is 18.9 Å². The summed E-state index contributed by atoms with van der Waals surface area (Å²) >= 11 is 0. The lowest BCUT2D eigenvalue weighted by Gasteiger charge is -2.47. The lowest BCUT2D eigenvalue weighted by Crippen LogP contribution is -2.63. The summed E-state index contributed by atoms with van der Waals surface area (Å²) in [6.45, 7) is 6.24. The number of ketones is 1. The van der Waals surface area contributed by atoms with Crippen LogP contribution in [0, 0.1) is 0 Å². The maximum absolute atomic E-state index is 12.0. The Morgan fingerprint density at radius 1 is 1.05 bits per heavy atom. The molecule has 0 aliphatic carbocycles. The Morgan fingerprint density at radius 2 is 1.77 bits per heavy atom. The minimum absolute atomic E-state index is 0.0260. The number of amides is 1. The Bertz CT molecular complexity index is 524. The van der Waals surface area contributed by atoms with E-state index in [2.05, 4.69) is 15.1 Å². The van der Waals surface area contributed by atoms with E-state index in [1.807, 2.05) is 18.2 Å². The summed E-state index contributed by atoms with van der Waals surface area (Å²) in [5, 5.41) is 2.98. The van der Waals surface area contributed by atoms with Gasteiger partial charge < -0.3 is 5.32 Å². The van der Waals surface area contributed by atoms with Gasteiger partial charge in [-0.25, -0.2) is 0 Å². The summed E-state index contributed by atoms with van der Waals surface area (Å²) < 4.78 is 0. The van der Waals surface area contributed by atoms with Gasteiger partial charge in [-0.2, -0.15) is 0 Å². The van der Waals surface area contributed by atoms with Crippen LogP contribution >= 0.6 is 0 Å². The molecule has 0 aromatic heterocycles. The van der Waals surface area contributed by atoms with Gasteiger partial charge in [-0.1, -0.05) is 30.3 Å². The molecule has 0 saturated carbocycles. The van der Waals surface area contributed by atoms with Gasteiger partial charge in [0.1, 0.15) is 0 Å². The summed E-state index contributed by atoms with van der Waals surface area (Å²) in [7, 11) is 0. The molecule has 3 aliphatic heterocycles. The minimum atomic E-state index is -0.0260. The van der Waals surface area contributed by atoms with Crippen molar-refractivity contribution < 1.29 is 9.59 Å². The summed E-state index contributed by atoms with van der Waals surface area (Å²) in [4.78, 5) is 28.8. The molecule has 1 amide bonds. The van der Waals surface area contributed by atoms with E-state index in [9.17, 15) is 9.59 Å². The van der Waals surface area contributed by atoms with E-state index in [-0.39, 0.29) is 24.5 Å². The van der Waals surface area contributed by atoms with Crippen LogP contribution in [-0.4, -0.2) is 66.8 Å². The molecule has 1 atom stereocenters. The van der Waals surface area contributed by atoms with Gasteiger partial charge in [0.25, 0.3) is 0 Å². The van der Waals surface area contributed by atoms with Gasteiger partial charge in [0, 0.05) is 63.7 Å². The van der Waals surface area contributed by atoms with Crippen LogP contribution in [0.2, 0.25) is 0 Å². The lowest BCUT2D eigenvalue weighted by molar-refractivity contribution is -0.121. The van der Waals surface area contributed by atoms with Crippen LogP contribution in [0.3, 0.4) is 0 Å². The Kier molecular flexibility index (Phi) is 4.85. The molecule has 3 saturated heterocycles. The first kappa shape index (κ1) is 15.2. The molecule has 1 aromatic rings. The zero-order chi connectivity index (χ0) is 15.4. The molecule has 5 heteroatoms. The van der Waals surface area contributed by atoms with E-state index in [0.717, 1.165) is 32.7 Å². The van der Waals surface area contributed by atoms with Crippen LogP contribution < -0.4 is 5.32 Å². The number of piperazine rings is 3. The highest BCUT2D eigenvalue weighted by Gasteiger charge is 2.31. The standard InChI is InChI=1S/C17H23N3O2/c21-16(14-4-2-1-3-5-14)6-7-17(22)18-12-15-13-19-8-10-20(15)11-9-19/h1-5,15H,6-13H2,(H,18,22). The fourth-order valence-corrected chi connectivity index (χ4v) is 3.23. The van der Waals surface area contributed by atoms with Gasteiger partial charge in [0.05, 0.1) is 0 Å². The van der Waals surface area contributed by atoms with E-state index in [1.165, 1.54) is 0 Å². The Labute approximate surface area is 131 Å². The quantitative estimate of drug-likeness (QED) is 0.789. The van der Waals surface area contributed by atoms with Crippen LogP contribution in [0.5, 0.6) is 0 Å². The summed E-state index contributed by atoms with van der Waals surface area (Å²) in [5.74, 6) is 0.00395. The van der Waals surface area contributed by atoms with Crippen LogP contribution in [0.4, 0.5) is 0 Å². The van der Waals surface area contributed by atoms with Gasteiger partial charge in [-0.15, -0.1) is 0 Å². The molecular formula is C17H23N3O2. The smallest absolute Gasteiger partial charge is 0.220 e. The first-order valence-corrected chi connectivity index (χ1v) is 8.04. The number of hydrogen-bond donors (Lipinski definition) is 1. The molecule has 118 valence electrons. The molecule has 1 unspecified atom stereocenters. The number of Topliss-reactive ketones (excluding diaryl/α,β-unsaturated/α-hetero) is 1. The minimum Gasteiger partial charge on any atom is -0.354 e. The lowest BCUT2D eigenvalue weighted by atomic mass is 10.1. The highest BCUT2D eigenvalue weighted by atomic mass is 16.2. The second-order valence-electron chi connectivity index (χ2n) is 6.08. The van der Waals surface area contributed by atoms with Crippen LogP contribution in [-0.2, 0) is 4.79 Å². The molecule has 1 N–H and O–H groups in total. The predicted molar refractivity (Wildman–Crippen MR) is 84.8 cm³/mol. The van der Waals surface area contributed by atoms with E-state index in [1.54, 1.807) is 12.1 Å². The third-order valence-corrected chi connectivity index (χ3v) is 4.60.